The molecule has 0 aliphatic carbocycles. The van der Waals surface area contributed by atoms with Gasteiger partial charge in [-0.25, -0.2) is 4.39 Å². The first kappa shape index (κ1) is 24.1. The largest absolute Gasteiger partial charge is 0.357 e. The monoisotopic (exact) mass is 468 g/mol. The molecule has 0 aromatic heterocycles. The maximum Gasteiger partial charge on any atom is 0.242 e. The number of carbonyl (C=O) groups excluding carboxylic acids is 2. The average molecular weight is 469 g/mol. The second kappa shape index (κ2) is 11.4. The van der Waals surface area contributed by atoms with E-state index in [0.29, 0.717) is 12.8 Å². The molecule has 0 heterocycles. The van der Waals surface area contributed by atoms with Crippen LogP contribution in [0.5, 0.6) is 0 Å². The molecule has 4 aromatic rings. The Morgan fingerprint density at radius 3 is 2.26 bits per heavy atom. The number of amides is 2. The highest BCUT2D eigenvalue weighted by Gasteiger charge is 2.29. The van der Waals surface area contributed by atoms with Crippen LogP contribution in [0, 0.1) is 5.82 Å². The molecule has 2 amide bonds. The van der Waals surface area contributed by atoms with Crippen LogP contribution in [-0.4, -0.2) is 29.8 Å². The third kappa shape index (κ3) is 6.12. The van der Waals surface area contributed by atoms with E-state index in [2.05, 4.69) is 23.5 Å². The van der Waals surface area contributed by atoms with E-state index in [1.807, 2.05) is 54.6 Å². The first-order valence-corrected chi connectivity index (χ1v) is 11.8. The normalized spacial score (nSPS) is 11.7. The molecule has 0 bridgehead atoms. The van der Waals surface area contributed by atoms with Crippen molar-refractivity contribution in [2.75, 3.05) is 7.05 Å². The fourth-order valence-corrected chi connectivity index (χ4v) is 4.40. The SMILES string of the molecule is CNC(=O)[C@H](Cc1ccccc1)N(Cc1ccc(F)cc1)C(=O)CCc1cccc2ccccc12. The Bertz CT molecular complexity index is 1280. The van der Waals surface area contributed by atoms with Gasteiger partial charge in [-0.05, 0) is 46.0 Å². The highest BCUT2D eigenvalue weighted by atomic mass is 19.1. The Labute approximate surface area is 205 Å². The van der Waals surface area contributed by atoms with Crippen LogP contribution in [0.15, 0.2) is 97.1 Å². The van der Waals surface area contributed by atoms with E-state index in [1.54, 1.807) is 24.1 Å². The maximum absolute atomic E-state index is 13.6. The summed E-state index contributed by atoms with van der Waals surface area (Å²) in [5.74, 6) is -0.684. The first-order chi connectivity index (χ1) is 17.0. The summed E-state index contributed by atoms with van der Waals surface area (Å²) in [5, 5.41) is 4.98. The standard InChI is InChI=1S/C30H29FN2O2/c1-32-30(35)28(20-22-8-3-2-4-9-22)33(21-23-14-17-26(31)18-15-23)29(34)19-16-25-12-7-11-24-10-5-6-13-27(24)25/h2-15,17-18,28H,16,19-21H2,1H3,(H,32,35)/t28-/m0/s1. The van der Waals surface area contributed by atoms with Gasteiger partial charge in [-0.3, -0.25) is 9.59 Å². The van der Waals surface area contributed by atoms with Crippen molar-refractivity contribution in [3.63, 3.8) is 0 Å². The van der Waals surface area contributed by atoms with Crippen LogP contribution in [0.3, 0.4) is 0 Å². The lowest BCUT2D eigenvalue weighted by molar-refractivity contribution is -0.141. The minimum Gasteiger partial charge on any atom is -0.357 e. The fraction of sp³-hybridized carbons (Fsp3) is 0.200. The number of carbonyl (C=O) groups is 2. The molecule has 4 aromatic carbocycles. The average Bonchev–Trinajstić information content (AvgIpc) is 2.90. The molecule has 35 heavy (non-hydrogen) atoms. The highest BCUT2D eigenvalue weighted by Crippen LogP contribution is 2.22. The summed E-state index contributed by atoms with van der Waals surface area (Å²) in [6, 6.07) is 29.3. The van der Waals surface area contributed by atoms with E-state index < -0.39 is 6.04 Å². The van der Waals surface area contributed by atoms with Crippen LogP contribution in [0.25, 0.3) is 10.8 Å². The third-order valence-electron chi connectivity index (χ3n) is 6.27. The summed E-state index contributed by atoms with van der Waals surface area (Å²) < 4.78 is 13.5. The molecule has 1 N–H and O–H groups in total. The molecule has 0 unspecified atom stereocenters. The molecular formula is C30H29FN2O2. The summed E-state index contributed by atoms with van der Waals surface area (Å²) in [5.41, 5.74) is 2.83. The van der Waals surface area contributed by atoms with Gasteiger partial charge in [-0.2, -0.15) is 0 Å². The van der Waals surface area contributed by atoms with E-state index in [1.165, 1.54) is 12.1 Å². The third-order valence-corrected chi connectivity index (χ3v) is 6.27. The molecule has 4 rings (SSSR count). The number of fused-ring (bicyclic) bond motifs is 1. The van der Waals surface area contributed by atoms with Crippen LogP contribution in [-0.2, 0) is 29.0 Å². The van der Waals surface area contributed by atoms with E-state index in [9.17, 15) is 14.0 Å². The van der Waals surface area contributed by atoms with Crippen molar-refractivity contribution >= 4 is 22.6 Å². The van der Waals surface area contributed by atoms with E-state index in [0.717, 1.165) is 27.5 Å². The molecule has 0 saturated carbocycles. The molecule has 0 saturated heterocycles. The molecule has 4 nitrogen and oxygen atoms in total. The zero-order valence-electron chi connectivity index (χ0n) is 19.8. The van der Waals surface area contributed by atoms with Gasteiger partial charge in [0.1, 0.15) is 11.9 Å². The van der Waals surface area contributed by atoms with Gasteiger partial charge in [0.05, 0.1) is 0 Å². The number of rotatable bonds is 9. The van der Waals surface area contributed by atoms with Crippen LogP contribution < -0.4 is 5.32 Å². The van der Waals surface area contributed by atoms with Crippen LogP contribution in [0.2, 0.25) is 0 Å². The predicted molar refractivity (Wildman–Crippen MR) is 137 cm³/mol. The van der Waals surface area contributed by atoms with Crippen LogP contribution >= 0.6 is 0 Å². The number of nitrogens with one attached hydrogen (secondary N) is 1. The van der Waals surface area contributed by atoms with Crippen LogP contribution in [0.4, 0.5) is 4.39 Å². The van der Waals surface area contributed by atoms with Crippen molar-refractivity contribution in [1.29, 1.82) is 0 Å². The lowest BCUT2D eigenvalue weighted by Crippen LogP contribution is -2.49. The Balaban J connectivity index is 1.61. The second-order valence-electron chi connectivity index (χ2n) is 8.61. The van der Waals surface area contributed by atoms with E-state index >= 15 is 0 Å². The number of likely N-dealkylation sites (N-methyl/N-ethyl adjacent to an activating group) is 1. The quantitative estimate of drug-likeness (QED) is 0.363. The van der Waals surface area contributed by atoms with E-state index in [-0.39, 0.29) is 30.6 Å². The lowest BCUT2D eigenvalue weighted by atomic mass is 9.99. The summed E-state index contributed by atoms with van der Waals surface area (Å²) >= 11 is 0. The molecule has 5 heteroatoms. The molecule has 0 aliphatic rings. The van der Waals surface area contributed by atoms with Gasteiger partial charge in [0.15, 0.2) is 0 Å². The number of nitrogens with zero attached hydrogens (tertiary/aromatic N) is 1. The molecule has 0 fully saturated rings. The summed E-state index contributed by atoms with van der Waals surface area (Å²) in [7, 11) is 1.58. The Morgan fingerprint density at radius 1 is 0.829 bits per heavy atom. The molecule has 178 valence electrons. The summed E-state index contributed by atoms with van der Waals surface area (Å²) in [6.07, 6.45) is 1.21. The molecular weight excluding hydrogens is 439 g/mol. The van der Waals surface area contributed by atoms with Gasteiger partial charge < -0.3 is 10.2 Å². The van der Waals surface area contributed by atoms with Gasteiger partial charge in [0, 0.05) is 26.4 Å². The minimum absolute atomic E-state index is 0.119. The van der Waals surface area contributed by atoms with Gasteiger partial charge >= 0.3 is 0 Å². The Hall–Kier alpha value is -3.99. The molecule has 0 radical (unpaired) electrons. The number of hydrogen-bond acceptors (Lipinski definition) is 2. The predicted octanol–water partition coefficient (Wildman–Crippen LogP) is 5.30. The summed E-state index contributed by atoms with van der Waals surface area (Å²) in [4.78, 5) is 28.3. The van der Waals surface area contributed by atoms with Gasteiger partial charge in [-0.15, -0.1) is 0 Å². The topological polar surface area (TPSA) is 49.4 Å². The van der Waals surface area contributed by atoms with Crippen molar-refractivity contribution in [3.05, 3.63) is 120 Å². The van der Waals surface area contributed by atoms with Gasteiger partial charge in [-0.1, -0.05) is 84.9 Å². The zero-order chi connectivity index (χ0) is 24.6. The minimum atomic E-state index is -0.688. The van der Waals surface area contributed by atoms with Crippen molar-refractivity contribution in [3.8, 4) is 0 Å². The Kier molecular flexibility index (Phi) is 7.88. The molecule has 0 spiro atoms. The zero-order valence-corrected chi connectivity index (χ0v) is 19.8. The van der Waals surface area contributed by atoms with Crippen molar-refractivity contribution in [2.45, 2.75) is 31.8 Å². The lowest BCUT2D eigenvalue weighted by Gasteiger charge is -2.31. The maximum atomic E-state index is 13.6. The van der Waals surface area contributed by atoms with Crippen LogP contribution in [0.1, 0.15) is 23.1 Å². The van der Waals surface area contributed by atoms with Gasteiger partial charge in [0.2, 0.25) is 11.8 Å². The van der Waals surface area contributed by atoms with Crippen molar-refractivity contribution in [2.24, 2.45) is 0 Å². The molecule has 0 aliphatic heterocycles. The highest BCUT2D eigenvalue weighted by molar-refractivity contribution is 5.89. The van der Waals surface area contributed by atoms with Crippen molar-refractivity contribution in [1.82, 2.24) is 10.2 Å². The second-order valence-corrected chi connectivity index (χ2v) is 8.61. The fourth-order valence-electron chi connectivity index (χ4n) is 4.40. The smallest absolute Gasteiger partial charge is 0.242 e. The summed E-state index contributed by atoms with van der Waals surface area (Å²) in [6.45, 7) is 0.222. The van der Waals surface area contributed by atoms with Gasteiger partial charge in [0.25, 0.3) is 0 Å². The van der Waals surface area contributed by atoms with Crippen molar-refractivity contribution < 1.29 is 14.0 Å². The van der Waals surface area contributed by atoms with E-state index in [4.69, 9.17) is 0 Å². The number of benzene rings is 4. The molecule has 1 atom stereocenters. The Morgan fingerprint density at radius 2 is 1.51 bits per heavy atom. The number of hydrogen-bond donors (Lipinski definition) is 1. The number of halogens is 1. The first-order valence-electron chi connectivity index (χ1n) is 11.8. The number of aryl methyl sites for hydroxylation is 1.